The largest absolute Gasteiger partial charge is 0.497 e. The van der Waals surface area contributed by atoms with Crippen LogP contribution in [-0.4, -0.2) is 70.2 Å². The molecule has 0 bridgehead atoms. The third kappa shape index (κ3) is 4.37. The summed E-state index contributed by atoms with van der Waals surface area (Å²) < 4.78 is 9.22. The molecule has 2 saturated heterocycles. The predicted octanol–water partition coefficient (Wildman–Crippen LogP) is 3.91. The Kier molecular flexibility index (Phi) is 7.20. The first-order valence-electron chi connectivity index (χ1n) is 14.0. The highest BCUT2D eigenvalue weighted by atomic mass is 32.2. The lowest BCUT2D eigenvalue weighted by Crippen LogP contribution is -2.54. The first kappa shape index (κ1) is 27.6. The maximum Gasteiger partial charge on any atom is 0.311 e. The van der Waals surface area contributed by atoms with Crippen LogP contribution >= 0.6 is 11.8 Å². The Hall–Kier alpha value is -3.56. The maximum absolute atomic E-state index is 14.7. The van der Waals surface area contributed by atoms with Gasteiger partial charge in [0.1, 0.15) is 11.8 Å². The van der Waals surface area contributed by atoms with Gasteiger partial charge in [-0.25, -0.2) is 0 Å². The number of anilines is 1. The number of allylic oxidation sites excluding steroid dienone is 1. The number of methoxy groups -OCH3 is 1. The van der Waals surface area contributed by atoms with Crippen molar-refractivity contribution in [1.82, 2.24) is 4.90 Å². The van der Waals surface area contributed by atoms with Gasteiger partial charge in [-0.2, -0.15) is 0 Å². The normalized spacial score (nSPS) is 32.6. The van der Waals surface area contributed by atoms with E-state index in [1.54, 1.807) is 29.0 Å². The van der Waals surface area contributed by atoms with Crippen LogP contribution in [0.4, 0.5) is 5.69 Å². The van der Waals surface area contributed by atoms with Crippen LogP contribution in [0.2, 0.25) is 0 Å². The number of carbonyl (C=O) groups excluding carboxylic acids is 3. The maximum atomic E-state index is 14.7. The molecule has 1 spiro atoms. The number of hydrogen-bond acceptors (Lipinski definition) is 7. The van der Waals surface area contributed by atoms with E-state index in [9.17, 15) is 19.5 Å². The molecule has 6 atom stereocenters. The quantitative estimate of drug-likeness (QED) is 0.427. The zero-order chi connectivity index (χ0) is 28.8. The number of fused-ring (bicyclic) bond motifs is 2. The topological polar surface area (TPSA) is 96.4 Å². The van der Waals surface area contributed by atoms with E-state index in [0.717, 1.165) is 12.0 Å². The molecule has 0 radical (unpaired) electrons. The highest BCUT2D eigenvalue weighted by Crippen LogP contribution is 2.66. The number of esters is 1. The van der Waals surface area contributed by atoms with Crippen LogP contribution in [0, 0.1) is 11.8 Å². The molecule has 1 N–H and O–H groups in total. The molecule has 2 aromatic rings. The molecule has 0 aromatic heterocycles. The van der Waals surface area contributed by atoms with Crippen LogP contribution in [0.25, 0.3) is 0 Å². The van der Waals surface area contributed by atoms with Gasteiger partial charge in [-0.05, 0) is 49.6 Å². The Balaban J connectivity index is 1.52. The summed E-state index contributed by atoms with van der Waals surface area (Å²) in [6.45, 7) is 2.18. The van der Waals surface area contributed by atoms with Crippen molar-refractivity contribution in [3.05, 3.63) is 84.5 Å². The van der Waals surface area contributed by atoms with E-state index >= 15 is 0 Å². The van der Waals surface area contributed by atoms with Gasteiger partial charge in [0.25, 0.3) is 5.91 Å². The zero-order valence-electron chi connectivity index (χ0n) is 23.1. The minimum Gasteiger partial charge on any atom is -0.497 e. The second-order valence-electron chi connectivity index (χ2n) is 11.1. The minimum absolute atomic E-state index is 0.259. The number of likely N-dealkylation sites (tertiary alicyclic amines) is 1. The van der Waals surface area contributed by atoms with Crippen molar-refractivity contribution in [3.8, 4) is 5.75 Å². The van der Waals surface area contributed by atoms with Gasteiger partial charge in [-0.1, -0.05) is 54.6 Å². The number of aliphatic hydroxyl groups excluding tert-OH is 1. The molecule has 8 nitrogen and oxygen atoms in total. The van der Waals surface area contributed by atoms with Gasteiger partial charge in [-0.15, -0.1) is 11.8 Å². The van der Waals surface area contributed by atoms with Crippen molar-refractivity contribution in [2.45, 2.75) is 41.3 Å². The third-order valence-electron chi connectivity index (χ3n) is 8.77. The smallest absolute Gasteiger partial charge is 0.311 e. The van der Waals surface area contributed by atoms with Gasteiger partial charge in [-0.3, -0.25) is 14.4 Å². The van der Waals surface area contributed by atoms with Gasteiger partial charge < -0.3 is 24.4 Å². The van der Waals surface area contributed by atoms with Crippen LogP contribution in [0.5, 0.6) is 5.75 Å². The summed E-state index contributed by atoms with van der Waals surface area (Å²) in [4.78, 5) is 46.3. The summed E-state index contributed by atoms with van der Waals surface area (Å²) in [5, 5.41) is 10.7. The summed E-state index contributed by atoms with van der Waals surface area (Å²) in [5.74, 6) is -1.96. The number of aliphatic hydroxyl groups is 1. The van der Waals surface area contributed by atoms with Crippen molar-refractivity contribution in [2.75, 3.05) is 31.8 Å². The molecule has 2 amide bonds. The first-order valence-corrected chi connectivity index (χ1v) is 14.8. The monoisotopic (exact) mass is 574 g/mol. The fraction of sp³-hybridized carbons (Fsp3) is 0.406. The summed E-state index contributed by atoms with van der Waals surface area (Å²) in [5.41, 5.74) is 1.39. The SMILES string of the molecule is COc1ccc(N2CC=C[C@]34S[C@@]5(C)/C=C\CCCOC(=O)[C@H]5[C@H]3C(=O)N([C@H](CO)c3ccccc3)C4C2=O)cc1. The number of amides is 2. The van der Waals surface area contributed by atoms with E-state index in [0.29, 0.717) is 24.4 Å². The molecule has 6 rings (SSSR count). The molecule has 4 heterocycles. The van der Waals surface area contributed by atoms with Crippen molar-refractivity contribution in [2.24, 2.45) is 11.8 Å². The zero-order valence-corrected chi connectivity index (χ0v) is 24.0. The lowest BCUT2D eigenvalue weighted by atomic mass is 9.74. The van der Waals surface area contributed by atoms with E-state index in [2.05, 4.69) is 6.08 Å². The standard InChI is InChI=1S/C32H34N2O6S/c1-31-16-7-4-8-19-40-30(38)26(31)25-28(36)34(24(20-35)21-10-5-3-6-11-21)27-29(37)33(18-9-17-32(25,27)41-31)22-12-14-23(39-2)15-13-22/h3,5-7,9-17,24-27,35H,4,8,18-20H2,1-2H3/b16-7-/t24-,25+,26-,27?,31+,32+/m1/s1. The molecule has 214 valence electrons. The Morgan fingerprint density at radius 1 is 1.02 bits per heavy atom. The van der Waals surface area contributed by atoms with Crippen LogP contribution in [0.1, 0.15) is 31.4 Å². The summed E-state index contributed by atoms with van der Waals surface area (Å²) in [7, 11) is 1.59. The average molecular weight is 575 g/mol. The van der Waals surface area contributed by atoms with E-state index in [4.69, 9.17) is 9.47 Å². The Bertz CT molecular complexity index is 1390. The van der Waals surface area contributed by atoms with E-state index in [1.807, 2.05) is 67.6 Å². The number of cyclic esters (lactones) is 1. The third-order valence-corrected chi connectivity index (χ3v) is 10.6. The van der Waals surface area contributed by atoms with E-state index < -0.39 is 39.4 Å². The van der Waals surface area contributed by atoms with Gasteiger partial charge in [0.05, 0.1) is 42.9 Å². The second kappa shape index (κ2) is 10.7. The van der Waals surface area contributed by atoms with Crippen LogP contribution in [-0.2, 0) is 19.1 Å². The first-order chi connectivity index (χ1) is 19.8. The number of carbonyl (C=O) groups is 3. The van der Waals surface area contributed by atoms with Gasteiger partial charge in [0.15, 0.2) is 0 Å². The molecule has 4 aliphatic rings. The molecule has 4 aliphatic heterocycles. The van der Waals surface area contributed by atoms with Crippen molar-refractivity contribution in [1.29, 1.82) is 0 Å². The van der Waals surface area contributed by atoms with Crippen LogP contribution < -0.4 is 9.64 Å². The Labute approximate surface area is 244 Å². The van der Waals surface area contributed by atoms with Gasteiger partial charge >= 0.3 is 5.97 Å². The molecule has 0 saturated carbocycles. The highest BCUT2D eigenvalue weighted by Gasteiger charge is 2.74. The number of nitrogens with zero attached hydrogens (tertiary/aromatic N) is 2. The fourth-order valence-electron chi connectivity index (χ4n) is 6.93. The molecule has 9 heteroatoms. The van der Waals surface area contributed by atoms with Crippen LogP contribution in [0.15, 0.2) is 78.9 Å². The molecule has 41 heavy (non-hydrogen) atoms. The summed E-state index contributed by atoms with van der Waals surface area (Å²) in [6.07, 6.45) is 9.46. The van der Waals surface area contributed by atoms with Gasteiger partial charge in [0.2, 0.25) is 5.91 Å². The van der Waals surface area contributed by atoms with Crippen molar-refractivity contribution >= 4 is 35.2 Å². The van der Waals surface area contributed by atoms with Crippen molar-refractivity contribution in [3.63, 3.8) is 0 Å². The lowest BCUT2D eigenvalue weighted by molar-refractivity contribution is -0.154. The minimum atomic E-state index is -1.04. The number of hydrogen-bond donors (Lipinski definition) is 1. The molecular weight excluding hydrogens is 540 g/mol. The Morgan fingerprint density at radius 3 is 2.49 bits per heavy atom. The van der Waals surface area contributed by atoms with E-state index in [1.165, 1.54) is 11.8 Å². The lowest BCUT2D eigenvalue weighted by Gasteiger charge is -2.40. The van der Waals surface area contributed by atoms with E-state index in [-0.39, 0.29) is 25.0 Å². The number of thioether (sulfide) groups is 1. The fourth-order valence-corrected chi connectivity index (χ4v) is 9.07. The number of benzene rings is 2. The predicted molar refractivity (Wildman–Crippen MR) is 156 cm³/mol. The highest BCUT2D eigenvalue weighted by molar-refractivity contribution is 8.02. The number of rotatable bonds is 5. The number of ether oxygens (including phenoxy) is 2. The van der Waals surface area contributed by atoms with Crippen LogP contribution in [0.3, 0.4) is 0 Å². The Morgan fingerprint density at radius 2 is 1.78 bits per heavy atom. The summed E-state index contributed by atoms with van der Waals surface area (Å²) >= 11 is 1.50. The molecule has 2 aromatic carbocycles. The molecule has 0 aliphatic carbocycles. The molecule has 2 fully saturated rings. The average Bonchev–Trinajstić information content (AvgIpc) is 3.33. The molecule has 1 unspecified atom stereocenters. The van der Waals surface area contributed by atoms with Gasteiger partial charge in [0, 0.05) is 17.0 Å². The second-order valence-corrected chi connectivity index (χ2v) is 12.9. The van der Waals surface area contributed by atoms with Crippen molar-refractivity contribution < 1.29 is 29.0 Å². The summed E-state index contributed by atoms with van der Waals surface area (Å²) in [6, 6.07) is 14.8. The molecular formula is C32H34N2O6S.